The summed E-state index contributed by atoms with van der Waals surface area (Å²) in [7, 11) is 0. The number of halogens is 7. The summed E-state index contributed by atoms with van der Waals surface area (Å²) >= 11 is 3.99. The minimum absolute atomic E-state index is 0.00188. The van der Waals surface area contributed by atoms with E-state index in [-0.39, 0.29) is 11.4 Å². The molecule has 1 nitrogen and oxygen atoms in total. The number of nitrogens with one attached hydrogen (secondary N) is 1. The molecule has 1 atom stereocenters. The van der Waals surface area contributed by atoms with Crippen molar-refractivity contribution in [2.75, 3.05) is 6.54 Å². The first-order chi connectivity index (χ1) is 8.98. The Balaban J connectivity index is 3.28. The van der Waals surface area contributed by atoms with Crippen LogP contribution in [0.1, 0.15) is 23.4 Å². The lowest BCUT2D eigenvalue weighted by atomic mass is 9.96. The van der Waals surface area contributed by atoms with Crippen molar-refractivity contribution in [1.82, 2.24) is 5.32 Å². The van der Waals surface area contributed by atoms with E-state index in [0.29, 0.717) is 9.35 Å². The van der Waals surface area contributed by atoms with Gasteiger partial charge in [-0.05, 0) is 41.0 Å². The Morgan fingerprint density at radius 2 is 1.70 bits per heavy atom. The van der Waals surface area contributed by atoms with E-state index >= 15 is 0 Å². The van der Waals surface area contributed by atoms with Crippen molar-refractivity contribution >= 4 is 27.3 Å². The van der Waals surface area contributed by atoms with Gasteiger partial charge in [0.05, 0.1) is 9.83 Å². The van der Waals surface area contributed by atoms with Gasteiger partial charge in [0.2, 0.25) is 0 Å². The highest BCUT2D eigenvalue weighted by molar-refractivity contribution is 9.11. The topological polar surface area (TPSA) is 12.0 Å². The van der Waals surface area contributed by atoms with Gasteiger partial charge in [-0.1, -0.05) is 6.92 Å². The molecule has 0 aliphatic rings. The van der Waals surface area contributed by atoms with Crippen molar-refractivity contribution in [2.24, 2.45) is 5.92 Å². The molecule has 0 amide bonds. The number of hydrogen-bond donors (Lipinski definition) is 1. The first-order valence-electron chi connectivity index (χ1n) is 5.61. The SMILES string of the molecule is CCNC(c1cc(C)c(Br)s1)C(C(F)(F)F)C(F)(F)F. The molecule has 1 heterocycles. The van der Waals surface area contributed by atoms with Gasteiger partial charge in [-0.2, -0.15) is 26.3 Å². The zero-order valence-electron chi connectivity index (χ0n) is 10.5. The Labute approximate surface area is 124 Å². The Hall–Kier alpha value is -0.280. The molecule has 20 heavy (non-hydrogen) atoms. The molecule has 1 N–H and O–H groups in total. The third kappa shape index (κ3) is 4.11. The smallest absolute Gasteiger partial charge is 0.309 e. The van der Waals surface area contributed by atoms with E-state index in [2.05, 4.69) is 21.2 Å². The van der Waals surface area contributed by atoms with Gasteiger partial charge in [0.25, 0.3) is 0 Å². The molecule has 0 aromatic carbocycles. The quantitative estimate of drug-likeness (QED) is 0.703. The minimum Gasteiger partial charge on any atom is -0.309 e. The van der Waals surface area contributed by atoms with Gasteiger partial charge >= 0.3 is 12.4 Å². The molecule has 1 aromatic rings. The zero-order valence-corrected chi connectivity index (χ0v) is 12.9. The van der Waals surface area contributed by atoms with Crippen LogP contribution in [0, 0.1) is 12.8 Å². The van der Waals surface area contributed by atoms with Crippen LogP contribution in [-0.4, -0.2) is 18.9 Å². The van der Waals surface area contributed by atoms with Gasteiger partial charge in [-0.15, -0.1) is 11.3 Å². The summed E-state index contributed by atoms with van der Waals surface area (Å²) in [5.74, 6) is -3.43. The third-order valence-electron chi connectivity index (χ3n) is 2.65. The number of hydrogen-bond acceptors (Lipinski definition) is 2. The fourth-order valence-electron chi connectivity index (χ4n) is 1.80. The molecular weight excluding hydrogens is 372 g/mol. The van der Waals surface area contributed by atoms with Crippen LogP contribution in [0.25, 0.3) is 0 Å². The van der Waals surface area contributed by atoms with E-state index in [4.69, 9.17) is 0 Å². The van der Waals surface area contributed by atoms with Crippen molar-refractivity contribution in [3.05, 3.63) is 20.3 Å². The highest BCUT2D eigenvalue weighted by atomic mass is 79.9. The van der Waals surface area contributed by atoms with Gasteiger partial charge in [0.15, 0.2) is 5.92 Å². The Morgan fingerprint density at radius 1 is 1.20 bits per heavy atom. The van der Waals surface area contributed by atoms with E-state index < -0.39 is 24.3 Å². The van der Waals surface area contributed by atoms with Gasteiger partial charge in [-0.3, -0.25) is 0 Å². The van der Waals surface area contributed by atoms with Gasteiger partial charge in [0.1, 0.15) is 0 Å². The molecule has 0 aliphatic heterocycles. The van der Waals surface area contributed by atoms with Crippen molar-refractivity contribution in [2.45, 2.75) is 32.2 Å². The largest absolute Gasteiger partial charge is 0.402 e. The molecule has 1 unspecified atom stereocenters. The second-order valence-corrected chi connectivity index (χ2v) is 6.60. The van der Waals surface area contributed by atoms with E-state index in [0.717, 1.165) is 11.3 Å². The van der Waals surface area contributed by atoms with Crippen molar-refractivity contribution in [3.8, 4) is 0 Å². The zero-order chi connectivity index (χ0) is 15.7. The van der Waals surface area contributed by atoms with Gasteiger partial charge in [-0.25, -0.2) is 0 Å². The summed E-state index contributed by atoms with van der Waals surface area (Å²) in [5.41, 5.74) is 0.607. The predicted octanol–water partition coefficient (Wildman–Crippen LogP) is 5.21. The summed E-state index contributed by atoms with van der Waals surface area (Å²) in [6.45, 7) is 3.08. The van der Waals surface area contributed by atoms with E-state index in [9.17, 15) is 26.3 Å². The van der Waals surface area contributed by atoms with E-state index in [1.165, 1.54) is 13.0 Å². The first-order valence-corrected chi connectivity index (χ1v) is 7.22. The summed E-state index contributed by atoms with van der Waals surface area (Å²) in [6, 6.07) is -0.498. The predicted molar refractivity (Wildman–Crippen MR) is 68.8 cm³/mol. The molecule has 1 rings (SSSR count). The molecular formula is C11H12BrF6NS. The Bertz CT molecular complexity index is 419. The minimum atomic E-state index is -5.37. The van der Waals surface area contributed by atoms with Crippen LogP contribution in [0.5, 0.6) is 0 Å². The maximum Gasteiger partial charge on any atom is 0.402 e. The Morgan fingerprint density at radius 3 is 2.00 bits per heavy atom. The highest BCUT2D eigenvalue weighted by Gasteiger charge is 2.60. The molecule has 0 spiro atoms. The van der Waals surface area contributed by atoms with Crippen LogP contribution >= 0.6 is 27.3 Å². The molecule has 0 aliphatic carbocycles. The van der Waals surface area contributed by atoms with Crippen LogP contribution in [-0.2, 0) is 0 Å². The average Bonchev–Trinajstić information content (AvgIpc) is 2.54. The van der Waals surface area contributed by atoms with Crippen molar-refractivity contribution < 1.29 is 26.3 Å². The van der Waals surface area contributed by atoms with Crippen LogP contribution in [0.15, 0.2) is 9.85 Å². The number of rotatable bonds is 4. The normalized spacial score (nSPS) is 14.9. The van der Waals surface area contributed by atoms with Crippen molar-refractivity contribution in [1.29, 1.82) is 0 Å². The second kappa shape index (κ2) is 6.23. The lowest BCUT2D eigenvalue weighted by Gasteiger charge is -2.30. The summed E-state index contributed by atoms with van der Waals surface area (Å²) in [5, 5.41) is 2.30. The molecule has 0 saturated carbocycles. The molecule has 0 radical (unpaired) electrons. The van der Waals surface area contributed by atoms with Crippen LogP contribution in [0.3, 0.4) is 0 Å². The molecule has 1 aromatic heterocycles. The van der Waals surface area contributed by atoms with Crippen LogP contribution in [0.4, 0.5) is 26.3 Å². The van der Waals surface area contributed by atoms with E-state index in [1.807, 2.05) is 0 Å². The number of thiophene rings is 1. The second-order valence-electron chi connectivity index (χ2n) is 4.20. The molecule has 116 valence electrons. The number of alkyl halides is 6. The Kier molecular flexibility index (Phi) is 5.53. The fourth-order valence-corrected chi connectivity index (χ4v) is 3.49. The molecule has 9 heteroatoms. The maximum absolute atomic E-state index is 12.8. The lowest BCUT2D eigenvalue weighted by molar-refractivity contribution is -0.292. The molecule has 0 saturated heterocycles. The average molecular weight is 384 g/mol. The lowest BCUT2D eigenvalue weighted by Crippen LogP contribution is -2.45. The van der Waals surface area contributed by atoms with Gasteiger partial charge in [0, 0.05) is 4.88 Å². The summed E-state index contributed by atoms with van der Waals surface area (Å²) in [4.78, 5) is 0.0101. The first kappa shape index (κ1) is 17.8. The monoisotopic (exact) mass is 383 g/mol. The fraction of sp³-hybridized carbons (Fsp3) is 0.636. The maximum atomic E-state index is 12.8. The molecule has 0 bridgehead atoms. The van der Waals surface area contributed by atoms with E-state index in [1.54, 1.807) is 6.92 Å². The number of aryl methyl sites for hydroxylation is 1. The van der Waals surface area contributed by atoms with Crippen LogP contribution < -0.4 is 5.32 Å². The van der Waals surface area contributed by atoms with Crippen LogP contribution in [0.2, 0.25) is 0 Å². The third-order valence-corrected chi connectivity index (χ3v) is 4.87. The van der Waals surface area contributed by atoms with Crippen molar-refractivity contribution in [3.63, 3.8) is 0 Å². The summed E-state index contributed by atoms with van der Waals surface area (Å²) < 4.78 is 77.4. The standard InChI is InChI=1S/C11H12BrF6NS/c1-3-19-7(6-4-5(2)9(12)20-6)8(10(13,14)15)11(16,17)18/h4,7-8,19H,3H2,1-2H3. The highest BCUT2D eigenvalue weighted by Crippen LogP contribution is 2.48. The van der Waals surface area contributed by atoms with Gasteiger partial charge < -0.3 is 5.32 Å². The molecule has 0 fully saturated rings. The summed E-state index contributed by atoms with van der Waals surface area (Å²) in [6.07, 6.45) is -10.7.